The summed E-state index contributed by atoms with van der Waals surface area (Å²) in [4.78, 5) is 30.1. The normalized spacial score (nSPS) is 21.5. The molecule has 1 aromatic carbocycles. The number of furan rings is 1. The first kappa shape index (κ1) is 22.0. The number of carbonyl (C=O) groups excluding carboxylic acids is 2. The third-order valence-corrected chi connectivity index (χ3v) is 6.77. The van der Waals surface area contributed by atoms with Crippen LogP contribution in [0.5, 0.6) is 5.75 Å². The van der Waals surface area contributed by atoms with Crippen LogP contribution >= 0.6 is 0 Å². The van der Waals surface area contributed by atoms with Crippen LogP contribution in [0.2, 0.25) is 0 Å². The van der Waals surface area contributed by atoms with E-state index in [4.69, 9.17) is 14.6 Å². The monoisotopic (exact) mass is 462 g/mol. The summed E-state index contributed by atoms with van der Waals surface area (Å²) in [7, 11) is 1.57. The maximum Gasteiger partial charge on any atom is 0.256 e. The van der Waals surface area contributed by atoms with Crippen LogP contribution in [0.25, 0.3) is 16.7 Å². The lowest BCUT2D eigenvalue weighted by Crippen LogP contribution is -2.40. The summed E-state index contributed by atoms with van der Waals surface area (Å²) in [6.07, 6.45) is 5.51. The number of aryl methyl sites for hydroxylation is 1. The summed E-state index contributed by atoms with van der Waals surface area (Å²) in [5, 5.41) is 21.1. The number of fused-ring (bicyclic) bond motifs is 2. The summed E-state index contributed by atoms with van der Waals surface area (Å²) in [5.74, 6) is 0.986. The number of nitrogens with zero attached hydrogens (tertiary/aromatic N) is 1. The van der Waals surface area contributed by atoms with E-state index in [2.05, 4.69) is 10.3 Å². The fraction of sp³-hybridized carbons (Fsp3) is 0.320. The van der Waals surface area contributed by atoms with Crippen molar-refractivity contribution < 1.29 is 23.8 Å². The highest BCUT2D eigenvalue weighted by atomic mass is 16.5. The van der Waals surface area contributed by atoms with Crippen molar-refractivity contribution in [3.63, 3.8) is 0 Å². The van der Waals surface area contributed by atoms with Crippen LogP contribution in [-0.4, -0.2) is 58.3 Å². The van der Waals surface area contributed by atoms with Gasteiger partial charge in [-0.05, 0) is 44.4 Å². The van der Waals surface area contributed by atoms with E-state index < -0.39 is 5.60 Å². The minimum atomic E-state index is -0.734. The molecule has 2 aromatic heterocycles. The number of H-pyrrole nitrogens is 1. The Morgan fingerprint density at radius 1 is 1.35 bits per heavy atom. The second-order valence-corrected chi connectivity index (χ2v) is 8.99. The van der Waals surface area contributed by atoms with Gasteiger partial charge in [-0.1, -0.05) is 0 Å². The number of carbonyl (C=O) groups is 2. The Hall–Kier alpha value is -3.85. The quantitative estimate of drug-likeness (QED) is 0.330. The van der Waals surface area contributed by atoms with E-state index in [1.54, 1.807) is 43.3 Å². The molecule has 1 aliphatic carbocycles. The van der Waals surface area contributed by atoms with E-state index in [1.807, 2.05) is 6.92 Å². The molecule has 0 unspecified atom stereocenters. The first-order valence-corrected chi connectivity index (χ1v) is 11.1. The number of aromatic amines is 1. The topological polar surface area (TPSA) is 132 Å². The van der Waals surface area contributed by atoms with Gasteiger partial charge in [-0.25, -0.2) is 0 Å². The van der Waals surface area contributed by atoms with Gasteiger partial charge in [0.15, 0.2) is 5.76 Å². The molecule has 2 bridgehead atoms. The summed E-state index contributed by atoms with van der Waals surface area (Å²) in [6.45, 7) is 3.91. The van der Waals surface area contributed by atoms with Gasteiger partial charge in [0.2, 0.25) is 0 Å². The second kappa shape index (κ2) is 7.88. The van der Waals surface area contributed by atoms with Crippen molar-refractivity contribution in [1.82, 2.24) is 15.2 Å². The molecule has 176 valence electrons. The Labute approximate surface area is 195 Å². The van der Waals surface area contributed by atoms with Gasteiger partial charge in [0.25, 0.3) is 11.8 Å². The van der Waals surface area contributed by atoms with E-state index in [1.165, 1.54) is 6.08 Å². The number of hydrogen-bond donors (Lipinski definition) is 4. The van der Waals surface area contributed by atoms with E-state index in [0.29, 0.717) is 70.0 Å². The predicted octanol–water partition coefficient (Wildman–Crippen LogP) is 3.16. The molecule has 1 saturated carbocycles. The van der Waals surface area contributed by atoms with Crippen molar-refractivity contribution >= 4 is 34.8 Å². The van der Waals surface area contributed by atoms with Crippen LogP contribution in [0, 0.1) is 19.3 Å². The first-order valence-electron chi connectivity index (χ1n) is 11.1. The van der Waals surface area contributed by atoms with Crippen molar-refractivity contribution in [2.24, 2.45) is 0 Å². The highest BCUT2D eigenvalue weighted by Gasteiger charge is 2.55. The van der Waals surface area contributed by atoms with Crippen molar-refractivity contribution in [2.75, 3.05) is 13.6 Å². The number of rotatable bonds is 6. The predicted molar refractivity (Wildman–Crippen MR) is 126 cm³/mol. The maximum atomic E-state index is 13.1. The van der Waals surface area contributed by atoms with Crippen molar-refractivity contribution in [3.05, 3.63) is 58.6 Å². The minimum Gasteiger partial charge on any atom is -0.460 e. The number of hydrogen-bond acceptors (Lipinski definition) is 6. The Morgan fingerprint density at radius 2 is 2.12 bits per heavy atom. The fourth-order valence-electron chi connectivity index (χ4n) is 5.02. The largest absolute Gasteiger partial charge is 0.460 e. The van der Waals surface area contributed by atoms with Gasteiger partial charge in [-0.15, -0.1) is 0 Å². The molecule has 6 rings (SSSR count). The Kier molecular flexibility index (Phi) is 5.09. The van der Waals surface area contributed by atoms with E-state index in [0.717, 1.165) is 6.21 Å². The number of ether oxygens (including phenoxy) is 1. The van der Waals surface area contributed by atoms with E-state index in [9.17, 15) is 14.7 Å². The standard InChI is InChI=1S/C25H26N4O5/c1-13-18(24(31)29-12-25(32)9-15(29)10-25)11-28-22(13)19(6-7-26)34-16-4-5-17-20(8-16)33-14(2)21(17)23(30)27-3/h4-8,11,15,26,28,32H,9-10,12H2,1-3H3,(H,27,30)/b19-6+,26-7?. The number of nitrogens with one attached hydrogen (secondary N) is 3. The summed E-state index contributed by atoms with van der Waals surface area (Å²) >= 11 is 0. The van der Waals surface area contributed by atoms with Crippen LogP contribution in [-0.2, 0) is 0 Å². The molecule has 9 heteroatoms. The molecule has 2 saturated heterocycles. The average Bonchev–Trinajstić information content (AvgIpc) is 3.51. The zero-order valence-electron chi connectivity index (χ0n) is 19.2. The molecule has 2 aliphatic heterocycles. The molecule has 4 N–H and O–H groups in total. The van der Waals surface area contributed by atoms with Gasteiger partial charge in [0.1, 0.15) is 17.1 Å². The number of allylic oxidation sites excluding steroid dienone is 1. The number of amides is 2. The molecule has 0 spiro atoms. The summed E-state index contributed by atoms with van der Waals surface area (Å²) in [5.41, 5.74) is 2.05. The molecule has 0 radical (unpaired) electrons. The van der Waals surface area contributed by atoms with Gasteiger partial charge in [-0.3, -0.25) is 9.59 Å². The summed E-state index contributed by atoms with van der Waals surface area (Å²) < 4.78 is 11.8. The molecule has 4 heterocycles. The molecule has 3 aromatic rings. The lowest BCUT2D eigenvalue weighted by Gasteiger charge is -2.31. The summed E-state index contributed by atoms with van der Waals surface area (Å²) in [6, 6.07) is 5.26. The Bertz CT molecular complexity index is 1360. The van der Waals surface area contributed by atoms with Crippen LogP contribution in [0.15, 0.2) is 34.9 Å². The smallest absolute Gasteiger partial charge is 0.256 e. The minimum absolute atomic E-state index is 0.0891. The van der Waals surface area contributed by atoms with E-state index in [-0.39, 0.29) is 17.9 Å². The number of aliphatic hydroxyl groups is 1. The fourth-order valence-corrected chi connectivity index (χ4v) is 5.02. The van der Waals surface area contributed by atoms with Gasteiger partial charge in [0.05, 0.1) is 29.0 Å². The third kappa shape index (κ3) is 3.40. The zero-order valence-corrected chi connectivity index (χ0v) is 19.2. The Balaban J connectivity index is 1.43. The number of aromatic nitrogens is 1. The third-order valence-electron chi connectivity index (χ3n) is 6.77. The van der Waals surface area contributed by atoms with Crippen molar-refractivity contribution in [2.45, 2.75) is 38.3 Å². The molecular formula is C25H26N4O5. The highest BCUT2D eigenvalue weighted by molar-refractivity contribution is 6.07. The average molecular weight is 463 g/mol. The SMILES string of the molecule is CNC(=O)c1c(C)oc2cc(O/C(=C/C=N)c3[nH]cc(C(=O)N4CC5(O)CC4C5)c3C)ccc12. The Morgan fingerprint density at radius 3 is 2.76 bits per heavy atom. The number of benzene rings is 1. The lowest BCUT2D eigenvalue weighted by molar-refractivity contribution is 0.00705. The van der Waals surface area contributed by atoms with Crippen LogP contribution in [0.3, 0.4) is 0 Å². The second-order valence-electron chi connectivity index (χ2n) is 8.99. The maximum absolute atomic E-state index is 13.1. The van der Waals surface area contributed by atoms with Gasteiger partial charge in [0, 0.05) is 43.0 Å². The molecule has 34 heavy (non-hydrogen) atoms. The van der Waals surface area contributed by atoms with Crippen molar-refractivity contribution in [3.8, 4) is 5.75 Å². The molecule has 3 fully saturated rings. The van der Waals surface area contributed by atoms with Crippen LogP contribution in [0.1, 0.15) is 50.6 Å². The lowest BCUT2D eigenvalue weighted by atomic mass is 9.81. The molecule has 2 amide bonds. The van der Waals surface area contributed by atoms with Gasteiger partial charge < -0.3 is 34.9 Å². The van der Waals surface area contributed by atoms with E-state index >= 15 is 0 Å². The molecular weight excluding hydrogens is 436 g/mol. The van der Waals surface area contributed by atoms with Crippen molar-refractivity contribution in [1.29, 1.82) is 5.41 Å². The molecule has 0 atom stereocenters. The first-order chi connectivity index (χ1) is 16.2. The van der Waals surface area contributed by atoms with Gasteiger partial charge in [-0.2, -0.15) is 0 Å². The highest BCUT2D eigenvalue weighted by Crippen LogP contribution is 2.45. The van der Waals surface area contributed by atoms with Crippen LogP contribution in [0.4, 0.5) is 0 Å². The van der Waals surface area contributed by atoms with Gasteiger partial charge >= 0.3 is 0 Å². The molecule has 9 nitrogen and oxygen atoms in total. The zero-order chi connectivity index (χ0) is 24.2. The van der Waals surface area contributed by atoms with Crippen LogP contribution < -0.4 is 10.1 Å². The molecule has 3 aliphatic rings.